The molecule has 4 heteroatoms. The molecule has 16 heavy (non-hydrogen) atoms. The number of nitrogens with zero attached hydrogens (tertiary/aromatic N) is 1. The quantitative estimate of drug-likeness (QED) is 0.702. The Bertz CT molecular complexity index is 224. The first-order valence-electron chi connectivity index (χ1n) is 6.38. The van der Waals surface area contributed by atoms with Crippen LogP contribution in [0.3, 0.4) is 0 Å². The van der Waals surface area contributed by atoms with Crippen molar-refractivity contribution in [2.24, 2.45) is 5.73 Å². The van der Waals surface area contributed by atoms with Gasteiger partial charge in [-0.25, -0.2) is 4.79 Å². The highest BCUT2D eigenvalue weighted by molar-refractivity contribution is 5.74. The smallest absolute Gasteiger partial charge is 0.317 e. The molecule has 1 fully saturated rings. The molecular weight excluding hydrogens is 202 g/mol. The van der Waals surface area contributed by atoms with E-state index in [1.54, 1.807) is 0 Å². The number of carbonyl (C=O) groups excluding carboxylic acids is 1. The van der Waals surface area contributed by atoms with E-state index in [1.165, 1.54) is 12.8 Å². The van der Waals surface area contributed by atoms with Crippen molar-refractivity contribution in [2.45, 2.75) is 51.0 Å². The number of rotatable bonds is 5. The minimum Gasteiger partial charge on any atom is -0.338 e. The van der Waals surface area contributed by atoms with Gasteiger partial charge >= 0.3 is 6.03 Å². The topological polar surface area (TPSA) is 58.4 Å². The van der Waals surface area contributed by atoms with E-state index in [0.717, 1.165) is 32.2 Å². The molecule has 0 saturated heterocycles. The summed E-state index contributed by atoms with van der Waals surface area (Å²) in [4.78, 5) is 13.8. The lowest BCUT2D eigenvalue weighted by Gasteiger charge is -2.37. The third-order valence-electron chi connectivity index (χ3n) is 3.74. The molecule has 0 atom stereocenters. The first kappa shape index (κ1) is 13.3. The largest absolute Gasteiger partial charge is 0.338 e. The first-order valence-corrected chi connectivity index (χ1v) is 6.38. The Balaban J connectivity index is 2.47. The highest BCUT2D eigenvalue weighted by atomic mass is 16.2. The van der Waals surface area contributed by atoms with Crippen LogP contribution < -0.4 is 11.1 Å². The Labute approximate surface area is 98.6 Å². The molecule has 3 N–H and O–H groups in total. The van der Waals surface area contributed by atoms with E-state index in [9.17, 15) is 4.79 Å². The van der Waals surface area contributed by atoms with Gasteiger partial charge in [0.15, 0.2) is 0 Å². The number of nitrogens with two attached hydrogens (primary N) is 1. The minimum absolute atomic E-state index is 0.0285. The number of carbonyl (C=O) groups is 1. The number of hydrogen-bond acceptors (Lipinski definition) is 2. The van der Waals surface area contributed by atoms with Crippen LogP contribution in [0, 0.1) is 0 Å². The zero-order valence-corrected chi connectivity index (χ0v) is 10.6. The highest BCUT2D eigenvalue weighted by Crippen LogP contribution is 2.33. The summed E-state index contributed by atoms with van der Waals surface area (Å²) in [5, 5.41) is 2.95. The number of unbranched alkanes of at least 4 members (excludes halogenated alkanes) is 1. The van der Waals surface area contributed by atoms with Gasteiger partial charge in [0.05, 0.1) is 5.54 Å². The molecule has 0 aromatic carbocycles. The monoisotopic (exact) mass is 227 g/mol. The van der Waals surface area contributed by atoms with Crippen LogP contribution >= 0.6 is 0 Å². The SMILES string of the molecule is CCCCNC(=O)N(C)C1(CN)CCCC1. The maximum atomic E-state index is 11.9. The third-order valence-corrected chi connectivity index (χ3v) is 3.74. The van der Waals surface area contributed by atoms with E-state index < -0.39 is 0 Å². The lowest BCUT2D eigenvalue weighted by molar-refractivity contribution is 0.141. The van der Waals surface area contributed by atoms with E-state index >= 15 is 0 Å². The number of amides is 2. The van der Waals surface area contributed by atoms with Crippen molar-refractivity contribution in [1.29, 1.82) is 0 Å². The van der Waals surface area contributed by atoms with E-state index in [2.05, 4.69) is 12.2 Å². The molecule has 0 aromatic rings. The fourth-order valence-corrected chi connectivity index (χ4v) is 2.42. The number of urea groups is 1. The van der Waals surface area contributed by atoms with E-state index in [0.29, 0.717) is 6.54 Å². The molecule has 1 aliphatic carbocycles. The maximum absolute atomic E-state index is 11.9. The Morgan fingerprint density at radius 3 is 2.56 bits per heavy atom. The lowest BCUT2D eigenvalue weighted by atomic mass is 9.96. The van der Waals surface area contributed by atoms with Crippen LogP contribution in [0.25, 0.3) is 0 Å². The van der Waals surface area contributed by atoms with Crippen molar-refractivity contribution in [3.63, 3.8) is 0 Å². The van der Waals surface area contributed by atoms with E-state index in [-0.39, 0.29) is 11.6 Å². The molecule has 0 bridgehead atoms. The predicted molar refractivity (Wildman–Crippen MR) is 66.3 cm³/mol. The molecule has 0 spiro atoms. The summed E-state index contributed by atoms with van der Waals surface area (Å²) in [5.41, 5.74) is 5.75. The fraction of sp³-hybridized carbons (Fsp3) is 0.917. The van der Waals surface area contributed by atoms with Crippen molar-refractivity contribution in [3.05, 3.63) is 0 Å². The molecule has 4 nitrogen and oxygen atoms in total. The van der Waals surface area contributed by atoms with Crippen LogP contribution in [0.1, 0.15) is 45.4 Å². The van der Waals surface area contributed by atoms with Crippen LogP contribution in [-0.4, -0.2) is 36.6 Å². The third kappa shape index (κ3) is 2.88. The number of likely N-dealkylation sites (N-methyl/N-ethyl adjacent to an activating group) is 1. The summed E-state index contributed by atoms with van der Waals surface area (Å²) in [6, 6.07) is 0.0285. The predicted octanol–water partition coefficient (Wildman–Crippen LogP) is 1.70. The van der Waals surface area contributed by atoms with Crippen molar-refractivity contribution >= 4 is 6.03 Å². The van der Waals surface area contributed by atoms with Gasteiger partial charge in [0.25, 0.3) is 0 Å². The van der Waals surface area contributed by atoms with Crippen LogP contribution in [0.15, 0.2) is 0 Å². The summed E-state index contributed by atoms with van der Waals surface area (Å²) >= 11 is 0. The first-order chi connectivity index (χ1) is 7.66. The Morgan fingerprint density at radius 2 is 2.06 bits per heavy atom. The summed E-state index contributed by atoms with van der Waals surface area (Å²) in [6.07, 6.45) is 6.59. The van der Waals surface area contributed by atoms with Gasteiger partial charge in [0.1, 0.15) is 0 Å². The number of hydrogen-bond donors (Lipinski definition) is 2. The lowest BCUT2D eigenvalue weighted by Crippen LogP contribution is -2.55. The summed E-state index contributed by atoms with van der Waals surface area (Å²) in [6.45, 7) is 3.46. The summed E-state index contributed by atoms with van der Waals surface area (Å²) in [7, 11) is 1.87. The van der Waals surface area contributed by atoms with E-state index in [1.807, 2.05) is 11.9 Å². The van der Waals surface area contributed by atoms with Gasteiger partial charge in [-0.15, -0.1) is 0 Å². The molecular formula is C12H25N3O. The fourth-order valence-electron chi connectivity index (χ4n) is 2.42. The molecule has 1 saturated carbocycles. The zero-order valence-electron chi connectivity index (χ0n) is 10.6. The molecule has 0 aliphatic heterocycles. The standard InChI is InChI=1S/C12H25N3O/c1-3-4-9-14-11(16)15(2)12(10-13)7-5-6-8-12/h3-10,13H2,1-2H3,(H,14,16). The normalized spacial score (nSPS) is 18.4. The zero-order chi connectivity index (χ0) is 12.0. The number of nitrogens with one attached hydrogen (secondary N) is 1. The molecule has 1 rings (SSSR count). The molecule has 2 amide bonds. The molecule has 0 aromatic heterocycles. The Morgan fingerprint density at radius 1 is 1.44 bits per heavy atom. The second-order valence-electron chi connectivity index (χ2n) is 4.78. The molecule has 94 valence electrons. The van der Waals surface area contributed by atoms with Gasteiger partial charge < -0.3 is 16.0 Å². The van der Waals surface area contributed by atoms with Crippen molar-refractivity contribution in [3.8, 4) is 0 Å². The molecule has 0 heterocycles. The van der Waals surface area contributed by atoms with Gasteiger partial charge in [0.2, 0.25) is 0 Å². The average Bonchev–Trinajstić information content (AvgIpc) is 2.78. The van der Waals surface area contributed by atoms with Gasteiger partial charge in [-0.2, -0.15) is 0 Å². The minimum atomic E-state index is -0.0870. The van der Waals surface area contributed by atoms with E-state index in [4.69, 9.17) is 5.73 Å². The molecule has 0 unspecified atom stereocenters. The van der Waals surface area contributed by atoms with Gasteiger partial charge in [-0.1, -0.05) is 26.2 Å². The van der Waals surface area contributed by atoms with Crippen LogP contribution in [0.2, 0.25) is 0 Å². The second kappa shape index (κ2) is 6.09. The van der Waals surface area contributed by atoms with Crippen LogP contribution in [-0.2, 0) is 0 Å². The Kier molecular flexibility index (Phi) is 5.06. The van der Waals surface area contributed by atoms with Crippen molar-refractivity contribution in [1.82, 2.24) is 10.2 Å². The molecule has 0 radical (unpaired) electrons. The van der Waals surface area contributed by atoms with Gasteiger partial charge in [0, 0.05) is 20.1 Å². The highest BCUT2D eigenvalue weighted by Gasteiger charge is 2.38. The second-order valence-corrected chi connectivity index (χ2v) is 4.78. The maximum Gasteiger partial charge on any atom is 0.317 e. The van der Waals surface area contributed by atoms with Crippen molar-refractivity contribution < 1.29 is 4.79 Å². The molecule has 1 aliphatic rings. The van der Waals surface area contributed by atoms with Gasteiger partial charge in [-0.3, -0.25) is 0 Å². The van der Waals surface area contributed by atoms with Crippen molar-refractivity contribution in [2.75, 3.05) is 20.1 Å². The summed E-state index contributed by atoms with van der Waals surface area (Å²) in [5.74, 6) is 0. The average molecular weight is 227 g/mol. The summed E-state index contributed by atoms with van der Waals surface area (Å²) < 4.78 is 0. The van der Waals surface area contributed by atoms with Crippen LogP contribution in [0.5, 0.6) is 0 Å². The van der Waals surface area contributed by atoms with Crippen LogP contribution in [0.4, 0.5) is 4.79 Å². The Hall–Kier alpha value is -0.770. The van der Waals surface area contributed by atoms with Gasteiger partial charge in [-0.05, 0) is 19.3 Å².